The van der Waals surface area contributed by atoms with Crippen molar-refractivity contribution in [2.45, 2.75) is 24.6 Å². The Morgan fingerprint density at radius 1 is 1.17 bits per heavy atom. The Kier molecular flexibility index (Phi) is 7.86. The van der Waals surface area contributed by atoms with Gasteiger partial charge in [0.2, 0.25) is 0 Å². The van der Waals surface area contributed by atoms with Gasteiger partial charge in [-0.15, -0.1) is 0 Å². The van der Waals surface area contributed by atoms with E-state index < -0.39 is 54.7 Å². The number of hydrogen-bond acceptors (Lipinski definition) is 10. The number of hydrogen-bond donors (Lipinski definition) is 6. The maximum atomic E-state index is 14.3. The molecule has 2 heterocycles. The van der Waals surface area contributed by atoms with E-state index in [0.717, 1.165) is 4.57 Å². The van der Waals surface area contributed by atoms with Crippen LogP contribution in [0.3, 0.4) is 0 Å². The summed E-state index contributed by atoms with van der Waals surface area (Å²) in [5.41, 5.74) is 0. The van der Waals surface area contributed by atoms with Crippen LogP contribution in [0.5, 0.6) is 0 Å². The molecule has 0 bridgehead atoms. The highest BCUT2D eigenvalue weighted by atomic mass is 32.1. The second-order valence-electron chi connectivity index (χ2n) is 5.40. The fourth-order valence-electron chi connectivity index (χ4n) is 2.17. The molecule has 166 valence electrons. The van der Waals surface area contributed by atoms with E-state index in [4.69, 9.17) is 43.9 Å². The third-order valence-electron chi connectivity index (χ3n) is 3.23. The molecule has 3 unspecified atom stereocenters. The Bertz CT molecular complexity index is 1010. The van der Waals surface area contributed by atoms with Gasteiger partial charge in [0.15, 0.2) is 17.2 Å². The Labute approximate surface area is 171 Å². The Morgan fingerprint density at radius 3 is 2.34 bits per heavy atom. The molecule has 1 fully saturated rings. The number of aliphatic hydroxyl groups excluding tert-OH is 1. The highest BCUT2D eigenvalue weighted by Gasteiger charge is 2.47. The molecule has 14 nitrogen and oxygen atoms in total. The van der Waals surface area contributed by atoms with Crippen LogP contribution in [-0.2, 0) is 31.6 Å². The minimum atomic E-state index is -5.71. The molecule has 0 aromatic carbocycles. The van der Waals surface area contributed by atoms with Gasteiger partial charge in [-0.1, -0.05) is 12.2 Å². The average Bonchev–Trinajstić information content (AvgIpc) is 2.78. The number of aliphatic hydroxyl groups is 1. The summed E-state index contributed by atoms with van der Waals surface area (Å²) in [4.78, 5) is 37.9. The maximum absolute atomic E-state index is 14.3. The van der Waals surface area contributed by atoms with Crippen molar-refractivity contribution < 1.29 is 60.6 Å². The maximum Gasteiger partial charge on any atom is 0.490 e. The van der Waals surface area contributed by atoms with Crippen LogP contribution in [0.1, 0.15) is 6.23 Å². The summed E-state index contributed by atoms with van der Waals surface area (Å²) >= 11 is 9.85. The van der Waals surface area contributed by atoms with E-state index in [9.17, 15) is 28.1 Å². The SMILES string of the molecule is O=P(O)(O)OP(=O)(O)OP(=O)(O)OC[C@H]1O[C@@H](n2ccc(=S)[nH]c2=S)[C@@H](O)C1F. The number of H-pyrrole nitrogens is 1. The van der Waals surface area contributed by atoms with Crippen molar-refractivity contribution in [2.75, 3.05) is 6.61 Å². The Balaban J connectivity index is 2.06. The Morgan fingerprint density at radius 2 is 1.79 bits per heavy atom. The molecule has 0 radical (unpaired) electrons. The molecule has 0 spiro atoms. The fourth-order valence-corrected chi connectivity index (χ4v) is 5.70. The number of nitrogens with zero attached hydrogens (tertiary/aromatic N) is 1. The molecule has 1 aromatic heterocycles. The zero-order valence-corrected chi connectivity index (χ0v) is 18.1. The third-order valence-corrected chi connectivity index (χ3v) is 7.58. The molecule has 2 rings (SSSR count). The zero-order valence-electron chi connectivity index (χ0n) is 13.7. The van der Waals surface area contributed by atoms with Gasteiger partial charge >= 0.3 is 23.5 Å². The Hall–Kier alpha value is -0.220. The lowest BCUT2D eigenvalue weighted by Gasteiger charge is -2.19. The summed E-state index contributed by atoms with van der Waals surface area (Å²) in [7, 11) is -16.7. The zero-order chi connectivity index (χ0) is 22.2. The highest BCUT2D eigenvalue weighted by Crippen LogP contribution is 2.66. The molecule has 1 aromatic rings. The summed E-state index contributed by atoms with van der Waals surface area (Å²) < 4.78 is 65.7. The van der Waals surface area contributed by atoms with Crippen LogP contribution in [0, 0.1) is 9.41 Å². The van der Waals surface area contributed by atoms with Gasteiger partial charge in [0.05, 0.1) is 6.61 Å². The van der Waals surface area contributed by atoms with Crippen LogP contribution >= 0.6 is 47.9 Å². The molecule has 1 aliphatic rings. The second kappa shape index (κ2) is 9.10. The van der Waals surface area contributed by atoms with E-state index in [0.29, 0.717) is 0 Å². The highest BCUT2D eigenvalue weighted by molar-refractivity contribution is 7.72. The topological polar surface area (TPSA) is 210 Å². The molecule has 0 aliphatic carbocycles. The van der Waals surface area contributed by atoms with Gasteiger partial charge in [-0.2, -0.15) is 8.62 Å². The van der Waals surface area contributed by atoms with Gasteiger partial charge in [0, 0.05) is 6.20 Å². The van der Waals surface area contributed by atoms with Gasteiger partial charge < -0.3 is 34.4 Å². The lowest BCUT2D eigenvalue weighted by Crippen LogP contribution is -2.30. The van der Waals surface area contributed by atoms with E-state index in [2.05, 4.69) is 18.1 Å². The lowest BCUT2D eigenvalue weighted by molar-refractivity contribution is -0.0521. The molecule has 1 aliphatic heterocycles. The van der Waals surface area contributed by atoms with Crippen LogP contribution < -0.4 is 0 Å². The molecule has 1 saturated heterocycles. The molecular weight excluding hydrogens is 504 g/mol. The number of aromatic amines is 1. The van der Waals surface area contributed by atoms with Crippen LogP contribution in [-0.4, -0.2) is 59.2 Å². The second-order valence-corrected chi connectivity index (χ2v) is 10.7. The molecule has 29 heavy (non-hydrogen) atoms. The van der Waals surface area contributed by atoms with Crippen molar-refractivity contribution in [1.82, 2.24) is 9.55 Å². The average molecular weight is 518 g/mol. The summed E-state index contributed by atoms with van der Waals surface area (Å²) in [5, 5.41) is 10.0. The number of halogens is 1. The quantitative estimate of drug-likeness (QED) is 0.211. The van der Waals surface area contributed by atoms with Crippen LogP contribution in [0.2, 0.25) is 0 Å². The van der Waals surface area contributed by atoms with Crippen LogP contribution in [0.4, 0.5) is 4.39 Å². The van der Waals surface area contributed by atoms with Gasteiger partial charge in [-0.25, -0.2) is 18.1 Å². The van der Waals surface area contributed by atoms with Crippen molar-refractivity contribution in [2.24, 2.45) is 0 Å². The number of ether oxygens (including phenoxy) is 1. The van der Waals surface area contributed by atoms with E-state index in [-0.39, 0.29) is 9.41 Å². The number of phosphoric acid groups is 3. The van der Waals surface area contributed by atoms with Gasteiger partial charge in [-0.05, 0) is 18.3 Å². The van der Waals surface area contributed by atoms with Gasteiger partial charge in [0.1, 0.15) is 16.8 Å². The number of alkyl halides is 1. The summed E-state index contributed by atoms with van der Waals surface area (Å²) in [6, 6.07) is 1.38. The van der Waals surface area contributed by atoms with E-state index in [1.54, 1.807) is 0 Å². The van der Waals surface area contributed by atoms with Crippen molar-refractivity contribution >= 4 is 47.9 Å². The minimum Gasteiger partial charge on any atom is -0.385 e. The summed E-state index contributed by atoms with van der Waals surface area (Å²) in [6.07, 6.45) is -5.62. The van der Waals surface area contributed by atoms with Gasteiger partial charge in [-0.3, -0.25) is 9.09 Å². The largest absolute Gasteiger partial charge is 0.490 e. The van der Waals surface area contributed by atoms with Crippen molar-refractivity contribution in [3.05, 3.63) is 21.7 Å². The monoisotopic (exact) mass is 518 g/mol. The van der Waals surface area contributed by atoms with Crippen LogP contribution in [0.15, 0.2) is 12.3 Å². The smallest absolute Gasteiger partial charge is 0.385 e. The van der Waals surface area contributed by atoms with Crippen molar-refractivity contribution in [1.29, 1.82) is 0 Å². The number of phosphoric ester groups is 1. The van der Waals surface area contributed by atoms with Crippen LogP contribution in [0.25, 0.3) is 0 Å². The number of aromatic nitrogens is 2. The fraction of sp³-hybridized carbons (Fsp3) is 0.556. The van der Waals surface area contributed by atoms with Gasteiger partial charge in [0.25, 0.3) is 0 Å². The number of nitrogens with one attached hydrogen (secondary N) is 1. The lowest BCUT2D eigenvalue weighted by atomic mass is 10.1. The standard InChI is InChI=1S/C9H14FN2O12P3S2/c10-6-4(3-21-26(17,18)24-27(19,20)23-25(14,15)16)22-8(7(6)13)12-2-1-5(28)11-9(12)29/h1-2,4,6-8,13H,3H2,(H,17,18)(H,19,20)(H,11,28,29)(H2,14,15,16)/t4-,6?,7+,8-/m1/s1. The first-order valence-corrected chi connectivity index (χ1v) is 12.5. The summed E-state index contributed by atoms with van der Waals surface area (Å²) in [6.45, 7) is -1.06. The molecule has 20 heteroatoms. The molecule has 0 amide bonds. The predicted molar refractivity (Wildman–Crippen MR) is 95.1 cm³/mol. The molecular formula is C9H14FN2O12P3S2. The van der Waals surface area contributed by atoms with Crippen molar-refractivity contribution in [3.63, 3.8) is 0 Å². The first-order valence-electron chi connectivity index (χ1n) is 7.18. The normalized spacial score (nSPS) is 29.3. The minimum absolute atomic E-state index is 0.0118. The summed E-state index contributed by atoms with van der Waals surface area (Å²) in [5.74, 6) is 0. The van der Waals surface area contributed by atoms with E-state index in [1.807, 2.05) is 0 Å². The first kappa shape index (κ1) is 25.0. The molecule has 6 N–H and O–H groups in total. The molecule has 6 atom stereocenters. The van der Waals surface area contributed by atoms with E-state index >= 15 is 0 Å². The predicted octanol–water partition coefficient (Wildman–Crippen LogP) is 1.21. The first-order chi connectivity index (χ1) is 13.1. The molecule has 0 saturated carbocycles. The van der Waals surface area contributed by atoms with E-state index in [1.165, 1.54) is 12.3 Å². The third kappa shape index (κ3) is 7.16. The number of rotatable bonds is 8. The van der Waals surface area contributed by atoms with Crippen molar-refractivity contribution in [3.8, 4) is 0 Å².